The number of rotatable bonds is 4. The molecule has 90 valence electrons. The van der Waals surface area contributed by atoms with Gasteiger partial charge in [-0.3, -0.25) is 0 Å². The molecular weight excluding hydrogens is 228 g/mol. The predicted octanol–water partition coefficient (Wildman–Crippen LogP) is 3.61. The normalized spacial score (nSPS) is 12.6. The highest BCUT2D eigenvalue weighted by molar-refractivity contribution is 7.09. The molecule has 0 bridgehead atoms. The molecule has 0 saturated carbocycles. The monoisotopic (exact) mass is 246 g/mol. The lowest BCUT2D eigenvalue weighted by Crippen LogP contribution is -2.18. The Bertz CT molecular complexity index is 490. The van der Waals surface area contributed by atoms with Gasteiger partial charge in [0.2, 0.25) is 0 Å². The quantitative estimate of drug-likeness (QED) is 0.891. The molecule has 1 aromatic carbocycles. The first-order valence-corrected chi connectivity index (χ1v) is 6.74. The van der Waals surface area contributed by atoms with Crippen LogP contribution < -0.4 is 5.32 Å². The Morgan fingerprint density at radius 3 is 2.71 bits per heavy atom. The van der Waals surface area contributed by atoms with Crippen LogP contribution in [0.5, 0.6) is 0 Å². The van der Waals surface area contributed by atoms with Gasteiger partial charge < -0.3 is 5.32 Å². The summed E-state index contributed by atoms with van der Waals surface area (Å²) in [5.41, 5.74) is 5.76. The number of nitrogens with zero attached hydrogens (tertiary/aromatic N) is 1. The highest BCUT2D eigenvalue weighted by Gasteiger charge is 2.08. The van der Waals surface area contributed by atoms with Gasteiger partial charge in [-0.1, -0.05) is 24.3 Å². The van der Waals surface area contributed by atoms with E-state index in [2.05, 4.69) is 55.3 Å². The summed E-state index contributed by atoms with van der Waals surface area (Å²) in [5, 5.41) is 3.55. The second-order valence-corrected chi connectivity index (χ2v) is 5.26. The highest BCUT2D eigenvalue weighted by atomic mass is 32.1. The van der Waals surface area contributed by atoms with E-state index in [4.69, 9.17) is 0 Å². The highest BCUT2D eigenvalue weighted by Crippen LogP contribution is 2.18. The number of hydrogen-bond acceptors (Lipinski definition) is 3. The van der Waals surface area contributed by atoms with Gasteiger partial charge in [-0.15, -0.1) is 11.3 Å². The topological polar surface area (TPSA) is 24.9 Å². The average molecular weight is 246 g/mol. The summed E-state index contributed by atoms with van der Waals surface area (Å²) in [6.45, 7) is 7.32. The maximum atomic E-state index is 4.26. The van der Waals surface area contributed by atoms with Gasteiger partial charge in [-0.25, -0.2) is 4.98 Å². The van der Waals surface area contributed by atoms with Gasteiger partial charge in [0, 0.05) is 17.5 Å². The van der Waals surface area contributed by atoms with Gasteiger partial charge >= 0.3 is 0 Å². The average Bonchev–Trinajstić information content (AvgIpc) is 2.72. The van der Waals surface area contributed by atoms with Crippen molar-refractivity contribution in [2.45, 2.75) is 33.4 Å². The summed E-state index contributed by atoms with van der Waals surface area (Å²) in [4.78, 5) is 5.59. The Balaban J connectivity index is 2.01. The van der Waals surface area contributed by atoms with Gasteiger partial charge in [0.25, 0.3) is 0 Å². The summed E-state index contributed by atoms with van der Waals surface area (Å²) < 4.78 is 0. The lowest BCUT2D eigenvalue weighted by Gasteiger charge is -2.16. The third-order valence-electron chi connectivity index (χ3n) is 3.07. The van der Waals surface area contributed by atoms with Crippen molar-refractivity contribution in [2.24, 2.45) is 0 Å². The molecule has 1 atom stereocenters. The molecule has 0 fully saturated rings. The number of benzene rings is 1. The van der Waals surface area contributed by atoms with Gasteiger partial charge in [-0.2, -0.15) is 0 Å². The van der Waals surface area contributed by atoms with Crippen LogP contribution >= 0.6 is 11.3 Å². The number of hydrogen-bond donors (Lipinski definition) is 1. The van der Waals surface area contributed by atoms with Crippen LogP contribution in [0.4, 0.5) is 0 Å². The lowest BCUT2D eigenvalue weighted by atomic mass is 10.0. The Kier molecular flexibility index (Phi) is 3.92. The van der Waals surface area contributed by atoms with E-state index < -0.39 is 0 Å². The van der Waals surface area contributed by atoms with Crippen LogP contribution in [0.1, 0.15) is 34.7 Å². The Hall–Kier alpha value is -1.19. The van der Waals surface area contributed by atoms with Crippen LogP contribution in [0, 0.1) is 13.8 Å². The van der Waals surface area contributed by atoms with Gasteiger partial charge in [0.1, 0.15) is 0 Å². The van der Waals surface area contributed by atoms with Crippen molar-refractivity contribution in [3.63, 3.8) is 0 Å². The first-order chi connectivity index (χ1) is 8.18. The molecule has 0 aliphatic rings. The molecule has 1 N–H and O–H groups in total. The molecule has 17 heavy (non-hydrogen) atoms. The third-order valence-corrected chi connectivity index (χ3v) is 4.00. The maximum Gasteiger partial charge on any atom is 0.0798 e. The number of aromatic nitrogens is 1. The summed E-state index contributed by atoms with van der Waals surface area (Å²) >= 11 is 1.72. The van der Waals surface area contributed by atoms with E-state index in [0.717, 1.165) is 12.2 Å². The van der Waals surface area contributed by atoms with Crippen molar-refractivity contribution in [3.8, 4) is 0 Å². The molecule has 0 aliphatic heterocycles. The summed E-state index contributed by atoms with van der Waals surface area (Å²) in [7, 11) is 0. The molecule has 0 unspecified atom stereocenters. The molecular formula is C14H18N2S. The van der Waals surface area contributed by atoms with E-state index in [1.54, 1.807) is 11.3 Å². The fourth-order valence-corrected chi connectivity index (χ4v) is 2.65. The molecule has 2 nitrogen and oxygen atoms in total. The van der Waals surface area contributed by atoms with Crippen molar-refractivity contribution >= 4 is 11.3 Å². The van der Waals surface area contributed by atoms with E-state index in [1.165, 1.54) is 16.0 Å². The van der Waals surface area contributed by atoms with E-state index >= 15 is 0 Å². The standard InChI is InChI=1S/C14H18N2S/c1-10-6-4-5-7-13(10)11(2)15-8-14-12(3)16-9-17-14/h4-7,9,11,15H,8H2,1-3H3/t11-/m1/s1. The first-order valence-electron chi connectivity index (χ1n) is 5.86. The van der Waals surface area contributed by atoms with Crippen molar-refractivity contribution in [2.75, 3.05) is 0 Å². The Labute approximate surface area is 107 Å². The molecule has 0 amide bonds. The zero-order chi connectivity index (χ0) is 12.3. The van der Waals surface area contributed by atoms with Gasteiger partial charge in [0.05, 0.1) is 11.2 Å². The molecule has 2 aromatic rings. The minimum Gasteiger partial charge on any atom is -0.305 e. The van der Waals surface area contributed by atoms with E-state index in [1.807, 2.05) is 5.51 Å². The zero-order valence-electron chi connectivity index (χ0n) is 10.5. The van der Waals surface area contributed by atoms with Crippen molar-refractivity contribution in [1.29, 1.82) is 0 Å². The lowest BCUT2D eigenvalue weighted by molar-refractivity contribution is 0.574. The Morgan fingerprint density at radius 2 is 2.06 bits per heavy atom. The SMILES string of the molecule is Cc1ccccc1[C@@H](C)NCc1scnc1C. The predicted molar refractivity (Wildman–Crippen MR) is 73.3 cm³/mol. The first kappa shape index (κ1) is 12.3. The molecule has 0 saturated heterocycles. The summed E-state index contributed by atoms with van der Waals surface area (Å²) in [5.74, 6) is 0. The fourth-order valence-electron chi connectivity index (χ4n) is 1.92. The molecule has 0 radical (unpaired) electrons. The van der Waals surface area contributed by atoms with Crippen LogP contribution in [-0.4, -0.2) is 4.98 Å². The molecule has 0 spiro atoms. The van der Waals surface area contributed by atoms with Gasteiger partial charge in [-0.05, 0) is 31.9 Å². The van der Waals surface area contributed by atoms with Gasteiger partial charge in [0.15, 0.2) is 0 Å². The van der Waals surface area contributed by atoms with Crippen LogP contribution in [0.15, 0.2) is 29.8 Å². The van der Waals surface area contributed by atoms with E-state index in [-0.39, 0.29) is 0 Å². The van der Waals surface area contributed by atoms with E-state index in [0.29, 0.717) is 6.04 Å². The zero-order valence-corrected chi connectivity index (χ0v) is 11.3. The summed E-state index contributed by atoms with van der Waals surface area (Å²) in [6.07, 6.45) is 0. The van der Waals surface area contributed by atoms with Crippen LogP contribution in [-0.2, 0) is 6.54 Å². The smallest absolute Gasteiger partial charge is 0.0798 e. The number of aryl methyl sites for hydroxylation is 2. The Morgan fingerprint density at radius 1 is 1.29 bits per heavy atom. The summed E-state index contributed by atoms with van der Waals surface area (Å²) in [6, 6.07) is 8.90. The maximum absolute atomic E-state index is 4.26. The molecule has 1 aromatic heterocycles. The molecule has 2 rings (SSSR count). The van der Waals surface area contributed by atoms with Crippen molar-refractivity contribution in [1.82, 2.24) is 10.3 Å². The molecule has 3 heteroatoms. The molecule has 0 aliphatic carbocycles. The number of thiazole rings is 1. The second kappa shape index (κ2) is 5.43. The van der Waals surface area contributed by atoms with Crippen molar-refractivity contribution < 1.29 is 0 Å². The van der Waals surface area contributed by atoms with Crippen molar-refractivity contribution in [3.05, 3.63) is 51.5 Å². The molecule has 1 heterocycles. The van der Waals surface area contributed by atoms with E-state index in [9.17, 15) is 0 Å². The second-order valence-electron chi connectivity index (χ2n) is 4.32. The van der Waals surface area contributed by atoms with Crippen LogP contribution in [0.25, 0.3) is 0 Å². The number of nitrogens with one attached hydrogen (secondary N) is 1. The minimum atomic E-state index is 0.373. The largest absolute Gasteiger partial charge is 0.305 e. The van der Waals surface area contributed by atoms with Crippen LogP contribution in [0.2, 0.25) is 0 Å². The third kappa shape index (κ3) is 2.93. The minimum absolute atomic E-state index is 0.373. The van der Waals surface area contributed by atoms with Crippen LogP contribution in [0.3, 0.4) is 0 Å². The fraction of sp³-hybridized carbons (Fsp3) is 0.357.